The summed E-state index contributed by atoms with van der Waals surface area (Å²) < 4.78 is 5.52. The molecule has 0 aliphatic carbocycles. The van der Waals surface area contributed by atoms with Crippen molar-refractivity contribution in [2.75, 3.05) is 25.0 Å². The van der Waals surface area contributed by atoms with E-state index in [9.17, 15) is 4.79 Å². The fourth-order valence-electron chi connectivity index (χ4n) is 3.25. The van der Waals surface area contributed by atoms with Gasteiger partial charge in [-0.2, -0.15) is 0 Å². The van der Waals surface area contributed by atoms with Gasteiger partial charge in [0.2, 0.25) is 0 Å². The molecule has 2 aromatic rings. The fraction of sp³-hybridized carbons (Fsp3) is 0.364. The first-order valence-corrected chi connectivity index (χ1v) is 10.2. The van der Waals surface area contributed by atoms with Crippen LogP contribution in [0.15, 0.2) is 48.5 Å². The van der Waals surface area contributed by atoms with Gasteiger partial charge < -0.3 is 20.3 Å². The summed E-state index contributed by atoms with van der Waals surface area (Å²) in [5.74, 6) is 0.968. The van der Waals surface area contributed by atoms with E-state index < -0.39 is 0 Å². The lowest BCUT2D eigenvalue weighted by Gasteiger charge is -2.26. The van der Waals surface area contributed by atoms with Crippen LogP contribution in [0.5, 0.6) is 5.75 Å². The van der Waals surface area contributed by atoms with Gasteiger partial charge in [0.1, 0.15) is 5.75 Å². The maximum absolute atomic E-state index is 12.5. The van der Waals surface area contributed by atoms with Gasteiger partial charge in [-0.3, -0.25) is 4.79 Å². The van der Waals surface area contributed by atoms with Crippen molar-refractivity contribution in [3.8, 4) is 5.75 Å². The van der Waals surface area contributed by atoms with Crippen molar-refractivity contribution < 1.29 is 9.53 Å². The summed E-state index contributed by atoms with van der Waals surface area (Å²) in [5.41, 5.74) is 2.67. The molecular formula is C22H27N3O2S. The molecule has 148 valence electrons. The Balaban J connectivity index is 1.50. The minimum atomic E-state index is 0.112. The molecule has 0 aromatic heterocycles. The number of carbonyl (C=O) groups excluding carboxylic acids is 1. The molecule has 0 unspecified atom stereocenters. The number of nitrogens with one attached hydrogen (secondary N) is 2. The summed E-state index contributed by atoms with van der Waals surface area (Å²) in [4.78, 5) is 14.5. The molecule has 2 N–H and O–H groups in total. The fourth-order valence-corrected chi connectivity index (χ4v) is 3.44. The van der Waals surface area contributed by atoms with Crippen LogP contribution in [-0.2, 0) is 6.54 Å². The van der Waals surface area contributed by atoms with E-state index in [2.05, 4.69) is 10.6 Å². The SMILES string of the molecule is CCOc1cccc(CNC(=S)Nc2ccc(C(=O)N3CCCCC3)cc2)c1. The number of ether oxygens (including phenoxy) is 1. The molecule has 1 saturated heterocycles. The average molecular weight is 398 g/mol. The average Bonchev–Trinajstić information content (AvgIpc) is 2.73. The standard InChI is InChI=1S/C22H27N3O2S/c1-2-27-20-8-6-7-17(15-20)16-23-22(28)24-19-11-9-18(10-12-19)21(26)25-13-4-3-5-14-25/h6-12,15H,2-5,13-14,16H2,1H3,(H2,23,24,28). The van der Waals surface area contributed by atoms with E-state index >= 15 is 0 Å². The zero-order valence-electron chi connectivity index (χ0n) is 16.2. The van der Waals surface area contributed by atoms with E-state index in [1.165, 1.54) is 6.42 Å². The van der Waals surface area contributed by atoms with E-state index in [1.807, 2.05) is 60.4 Å². The molecular weight excluding hydrogens is 370 g/mol. The highest BCUT2D eigenvalue weighted by Gasteiger charge is 2.17. The molecule has 0 atom stereocenters. The van der Waals surface area contributed by atoms with Gasteiger partial charge in [-0.1, -0.05) is 12.1 Å². The maximum Gasteiger partial charge on any atom is 0.253 e. The molecule has 1 aliphatic heterocycles. The molecule has 6 heteroatoms. The van der Waals surface area contributed by atoms with Gasteiger partial charge in [0, 0.05) is 30.9 Å². The highest BCUT2D eigenvalue weighted by Crippen LogP contribution is 2.16. The first-order valence-electron chi connectivity index (χ1n) is 9.81. The molecule has 28 heavy (non-hydrogen) atoms. The molecule has 1 amide bonds. The van der Waals surface area contributed by atoms with Crippen LogP contribution in [0.2, 0.25) is 0 Å². The molecule has 0 bridgehead atoms. The van der Waals surface area contributed by atoms with Crippen LogP contribution in [0.1, 0.15) is 42.1 Å². The number of likely N-dealkylation sites (tertiary alicyclic amines) is 1. The number of rotatable bonds is 6. The number of hydrogen-bond acceptors (Lipinski definition) is 3. The lowest BCUT2D eigenvalue weighted by molar-refractivity contribution is 0.0724. The van der Waals surface area contributed by atoms with E-state index in [4.69, 9.17) is 17.0 Å². The van der Waals surface area contributed by atoms with Crippen LogP contribution in [-0.4, -0.2) is 35.6 Å². The number of thiocarbonyl (C=S) groups is 1. The third-order valence-corrected chi connectivity index (χ3v) is 4.94. The smallest absolute Gasteiger partial charge is 0.253 e. The van der Waals surface area contributed by atoms with Crippen molar-refractivity contribution >= 4 is 28.9 Å². The van der Waals surface area contributed by atoms with Crippen LogP contribution in [0.3, 0.4) is 0 Å². The van der Waals surface area contributed by atoms with E-state index in [0.717, 1.165) is 48.5 Å². The topological polar surface area (TPSA) is 53.6 Å². The molecule has 2 aromatic carbocycles. The molecule has 1 aliphatic rings. The molecule has 0 radical (unpaired) electrons. The van der Waals surface area contributed by atoms with Crippen molar-refractivity contribution in [3.05, 3.63) is 59.7 Å². The van der Waals surface area contributed by atoms with E-state index in [0.29, 0.717) is 18.3 Å². The highest BCUT2D eigenvalue weighted by atomic mass is 32.1. The van der Waals surface area contributed by atoms with E-state index in [1.54, 1.807) is 0 Å². The molecule has 1 fully saturated rings. The zero-order chi connectivity index (χ0) is 19.8. The quantitative estimate of drug-likeness (QED) is 0.716. The Morgan fingerprint density at radius 3 is 2.57 bits per heavy atom. The van der Waals surface area contributed by atoms with Crippen molar-refractivity contribution in [1.82, 2.24) is 10.2 Å². The number of nitrogens with zero attached hydrogens (tertiary/aromatic N) is 1. The van der Waals surface area contributed by atoms with Crippen LogP contribution in [0.4, 0.5) is 5.69 Å². The second-order valence-corrected chi connectivity index (χ2v) is 7.23. The largest absolute Gasteiger partial charge is 0.494 e. The van der Waals surface area contributed by atoms with Crippen LogP contribution in [0, 0.1) is 0 Å². The zero-order valence-corrected chi connectivity index (χ0v) is 17.1. The number of carbonyl (C=O) groups is 1. The molecule has 1 heterocycles. The molecule has 3 rings (SSSR count). The van der Waals surface area contributed by atoms with Gasteiger partial charge >= 0.3 is 0 Å². The second kappa shape index (κ2) is 10.1. The number of benzene rings is 2. The minimum absolute atomic E-state index is 0.112. The Kier molecular flexibility index (Phi) is 7.25. The summed E-state index contributed by atoms with van der Waals surface area (Å²) in [7, 11) is 0. The van der Waals surface area contributed by atoms with Gasteiger partial charge in [0.15, 0.2) is 5.11 Å². The molecule has 5 nitrogen and oxygen atoms in total. The third kappa shape index (κ3) is 5.70. The number of hydrogen-bond donors (Lipinski definition) is 2. The third-order valence-electron chi connectivity index (χ3n) is 4.70. The van der Waals surface area contributed by atoms with Crippen molar-refractivity contribution in [2.24, 2.45) is 0 Å². The lowest BCUT2D eigenvalue weighted by atomic mass is 10.1. The lowest BCUT2D eigenvalue weighted by Crippen LogP contribution is -2.35. The van der Waals surface area contributed by atoms with E-state index in [-0.39, 0.29) is 5.91 Å². The monoisotopic (exact) mass is 397 g/mol. The Labute approximate surface area is 172 Å². The maximum atomic E-state index is 12.5. The van der Waals surface area contributed by atoms with Gasteiger partial charge in [0.25, 0.3) is 5.91 Å². The highest BCUT2D eigenvalue weighted by molar-refractivity contribution is 7.80. The van der Waals surface area contributed by atoms with Crippen molar-refractivity contribution in [1.29, 1.82) is 0 Å². The van der Waals surface area contributed by atoms with Gasteiger partial charge in [-0.25, -0.2) is 0 Å². The molecule has 0 spiro atoms. The van der Waals surface area contributed by atoms with Crippen LogP contribution in [0.25, 0.3) is 0 Å². The number of piperidine rings is 1. The summed E-state index contributed by atoms with van der Waals surface area (Å²) in [6, 6.07) is 15.4. The first-order chi connectivity index (χ1) is 13.7. The molecule has 0 saturated carbocycles. The minimum Gasteiger partial charge on any atom is -0.494 e. The summed E-state index contributed by atoms with van der Waals surface area (Å²) in [6.45, 7) is 4.94. The number of amides is 1. The summed E-state index contributed by atoms with van der Waals surface area (Å²) in [5, 5.41) is 6.90. The second-order valence-electron chi connectivity index (χ2n) is 6.82. The Morgan fingerprint density at radius 1 is 1.11 bits per heavy atom. The Bertz CT molecular complexity index is 802. The summed E-state index contributed by atoms with van der Waals surface area (Å²) in [6.07, 6.45) is 3.41. The first kappa shape index (κ1) is 20.1. The predicted molar refractivity (Wildman–Crippen MR) is 117 cm³/mol. The number of anilines is 1. The Morgan fingerprint density at radius 2 is 1.86 bits per heavy atom. The normalized spacial score (nSPS) is 13.7. The van der Waals surface area contributed by atoms with Crippen molar-refractivity contribution in [3.63, 3.8) is 0 Å². The van der Waals surface area contributed by atoms with Crippen molar-refractivity contribution in [2.45, 2.75) is 32.7 Å². The predicted octanol–water partition coefficient (Wildman–Crippen LogP) is 4.20. The Hall–Kier alpha value is -2.60. The summed E-state index contributed by atoms with van der Waals surface area (Å²) >= 11 is 5.38. The van der Waals surface area contributed by atoms with Crippen LogP contribution < -0.4 is 15.4 Å². The van der Waals surface area contributed by atoms with Crippen LogP contribution >= 0.6 is 12.2 Å². The van der Waals surface area contributed by atoms with Gasteiger partial charge in [-0.15, -0.1) is 0 Å². The van der Waals surface area contributed by atoms with Gasteiger partial charge in [-0.05, 0) is 80.4 Å². The van der Waals surface area contributed by atoms with Gasteiger partial charge in [0.05, 0.1) is 6.61 Å².